The van der Waals surface area contributed by atoms with Gasteiger partial charge in [0.25, 0.3) is 5.91 Å². The van der Waals surface area contributed by atoms with Crippen molar-refractivity contribution in [1.82, 2.24) is 9.62 Å². The van der Waals surface area contributed by atoms with Gasteiger partial charge in [-0.2, -0.15) is 0 Å². The van der Waals surface area contributed by atoms with Crippen molar-refractivity contribution >= 4 is 15.9 Å². The molecule has 2 rings (SSSR count). The molecule has 0 fully saturated rings. The smallest absolute Gasteiger partial charge is 0.251 e. The van der Waals surface area contributed by atoms with Gasteiger partial charge < -0.3 is 5.32 Å². The molecule has 2 aromatic carbocycles. The van der Waals surface area contributed by atoms with Gasteiger partial charge in [-0.25, -0.2) is 12.7 Å². The van der Waals surface area contributed by atoms with Crippen molar-refractivity contribution in [3.8, 4) is 0 Å². The number of rotatable bonds is 9. The van der Waals surface area contributed by atoms with Crippen molar-refractivity contribution in [3.63, 3.8) is 0 Å². The summed E-state index contributed by atoms with van der Waals surface area (Å²) in [4.78, 5) is 12.1. The molecule has 1 N–H and O–H groups in total. The minimum absolute atomic E-state index is 0.188. The second-order valence-electron chi connectivity index (χ2n) is 6.38. The number of sulfonamides is 1. The Morgan fingerprint density at radius 2 is 1.77 bits per heavy atom. The molecule has 0 saturated heterocycles. The van der Waals surface area contributed by atoms with E-state index in [1.165, 1.54) is 16.1 Å². The molecule has 0 atom stereocenters. The molecule has 0 heterocycles. The maximum Gasteiger partial charge on any atom is 0.251 e. The third kappa shape index (κ3) is 6.61. The fraction of sp³-hybridized carbons (Fsp3) is 0.350. The van der Waals surface area contributed by atoms with Crippen LogP contribution in [0.4, 0.5) is 0 Å². The molecule has 0 aliphatic carbocycles. The Bertz CT molecular complexity index is 820. The van der Waals surface area contributed by atoms with Crippen molar-refractivity contribution in [2.45, 2.75) is 19.8 Å². The molecule has 0 radical (unpaired) electrons. The van der Waals surface area contributed by atoms with Crippen LogP contribution >= 0.6 is 0 Å². The third-order valence-corrected chi connectivity index (χ3v) is 5.42. The summed E-state index contributed by atoms with van der Waals surface area (Å²) in [6.07, 6.45) is 2.77. The maximum absolute atomic E-state index is 12.1. The zero-order valence-electron chi connectivity index (χ0n) is 15.3. The van der Waals surface area contributed by atoms with Gasteiger partial charge in [0.1, 0.15) is 0 Å². The van der Waals surface area contributed by atoms with Crippen LogP contribution in [0.25, 0.3) is 0 Å². The molecule has 0 saturated carbocycles. The van der Waals surface area contributed by atoms with Crippen LogP contribution in [-0.4, -0.2) is 44.5 Å². The van der Waals surface area contributed by atoms with Gasteiger partial charge in [0.2, 0.25) is 10.0 Å². The molecule has 0 bridgehead atoms. The number of hydrogen-bond acceptors (Lipinski definition) is 3. The first-order valence-electron chi connectivity index (χ1n) is 8.70. The number of carbonyl (C=O) groups excluding carboxylic acids is 1. The highest BCUT2D eigenvalue weighted by molar-refractivity contribution is 7.88. The number of nitrogens with one attached hydrogen (secondary N) is 1. The lowest BCUT2D eigenvalue weighted by Crippen LogP contribution is -2.38. The van der Waals surface area contributed by atoms with E-state index in [0.29, 0.717) is 12.1 Å². The summed E-state index contributed by atoms with van der Waals surface area (Å²) in [5.41, 5.74) is 2.78. The molecule has 2 aromatic rings. The van der Waals surface area contributed by atoms with Crippen LogP contribution in [0.3, 0.4) is 0 Å². The van der Waals surface area contributed by atoms with Crippen LogP contribution in [0.15, 0.2) is 54.6 Å². The maximum atomic E-state index is 12.1. The first kappa shape index (κ1) is 20.1. The largest absolute Gasteiger partial charge is 0.351 e. The van der Waals surface area contributed by atoms with E-state index >= 15 is 0 Å². The third-order valence-electron chi connectivity index (χ3n) is 4.11. The van der Waals surface area contributed by atoms with Gasteiger partial charge in [-0.15, -0.1) is 0 Å². The fourth-order valence-electron chi connectivity index (χ4n) is 2.73. The first-order chi connectivity index (χ1) is 12.4. The Kier molecular flexibility index (Phi) is 7.36. The molecule has 0 aliphatic heterocycles. The van der Waals surface area contributed by atoms with Crippen molar-refractivity contribution in [2.24, 2.45) is 0 Å². The van der Waals surface area contributed by atoms with Gasteiger partial charge in [-0.3, -0.25) is 4.79 Å². The minimum atomic E-state index is -3.31. The lowest BCUT2D eigenvalue weighted by molar-refractivity contribution is 0.0951. The molecule has 1 amide bonds. The Morgan fingerprint density at radius 3 is 2.42 bits per heavy atom. The second-order valence-corrected chi connectivity index (χ2v) is 8.36. The normalized spacial score (nSPS) is 11.5. The zero-order valence-corrected chi connectivity index (χ0v) is 16.1. The highest BCUT2D eigenvalue weighted by Gasteiger charge is 2.16. The van der Waals surface area contributed by atoms with Crippen LogP contribution < -0.4 is 5.32 Å². The van der Waals surface area contributed by atoms with E-state index in [9.17, 15) is 13.2 Å². The lowest BCUT2D eigenvalue weighted by Gasteiger charge is -2.20. The van der Waals surface area contributed by atoms with E-state index in [4.69, 9.17) is 0 Å². The second kappa shape index (κ2) is 9.50. The first-order valence-corrected chi connectivity index (χ1v) is 10.5. The molecule has 0 spiro atoms. The number of aryl methyl sites for hydroxylation is 2. The van der Waals surface area contributed by atoms with Gasteiger partial charge in [0.15, 0.2) is 0 Å². The molecular formula is C20H26N2O3S. The van der Waals surface area contributed by atoms with Gasteiger partial charge in [-0.05, 0) is 37.5 Å². The minimum Gasteiger partial charge on any atom is -0.351 e. The molecule has 0 unspecified atom stereocenters. The standard InChI is InChI=1S/C20H26N2O3S/c1-17-8-6-12-19(16-17)20(23)21-13-15-22(26(2,24)25)14-7-11-18-9-4-3-5-10-18/h3-6,8-10,12,16H,7,11,13-15H2,1-2H3,(H,21,23). The predicted octanol–water partition coefficient (Wildman–Crippen LogP) is 2.62. The Balaban J connectivity index is 1.83. The van der Waals surface area contributed by atoms with Crippen molar-refractivity contribution in [3.05, 3.63) is 71.3 Å². The van der Waals surface area contributed by atoms with Gasteiger partial charge in [0, 0.05) is 25.2 Å². The van der Waals surface area contributed by atoms with Crippen LogP contribution in [0.5, 0.6) is 0 Å². The van der Waals surface area contributed by atoms with Gasteiger partial charge in [-0.1, -0.05) is 48.0 Å². The Morgan fingerprint density at radius 1 is 1.04 bits per heavy atom. The predicted molar refractivity (Wildman–Crippen MR) is 105 cm³/mol. The van der Waals surface area contributed by atoms with E-state index in [0.717, 1.165) is 18.4 Å². The lowest BCUT2D eigenvalue weighted by atomic mass is 10.1. The van der Waals surface area contributed by atoms with E-state index in [-0.39, 0.29) is 19.0 Å². The van der Waals surface area contributed by atoms with Crippen molar-refractivity contribution < 1.29 is 13.2 Å². The Hall–Kier alpha value is -2.18. The number of hydrogen-bond donors (Lipinski definition) is 1. The van der Waals surface area contributed by atoms with E-state index < -0.39 is 10.0 Å². The summed E-state index contributed by atoms with van der Waals surface area (Å²) in [6, 6.07) is 17.3. The average Bonchev–Trinajstić information content (AvgIpc) is 2.60. The van der Waals surface area contributed by atoms with Crippen LogP contribution in [0.2, 0.25) is 0 Å². The Labute approximate surface area is 156 Å². The summed E-state index contributed by atoms with van der Waals surface area (Å²) in [7, 11) is -3.31. The van der Waals surface area contributed by atoms with Crippen LogP contribution in [0, 0.1) is 6.92 Å². The molecule has 0 aliphatic rings. The van der Waals surface area contributed by atoms with Gasteiger partial charge >= 0.3 is 0 Å². The quantitative estimate of drug-likeness (QED) is 0.734. The highest BCUT2D eigenvalue weighted by atomic mass is 32.2. The molecule has 26 heavy (non-hydrogen) atoms. The number of nitrogens with zero attached hydrogens (tertiary/aromatic N) is 1. The number of amides is 1. The van der Waals surface area contributed by atoms with Crippen molar-refractivity contribution in [2.75, 3.05) is 25.9 Å². The summed E-state index contributed by atoms with van der Waals surface area (Å²) < 4.78 is 25.4. The average molecular weight is 375 g/mol. The molecule has 5 nitrogen and oxygen atoms in total. The number of carbonyl (C=O) groups is 1. The fourth-order valence-corrected chi connectivity index (χ4v) is 3.61. The summed E-state index contributed by atoms with van der Waals surface area (Å²) in [5, 5.41) is 2.79. The molecule has 0 aromatic heterocycles. The van der Waals surface area contributed by atoms with Crippen LogP contribution in [0.1, 0.15) is 27.9 Å². The van der Waals surface area contributed by atoms with Crippen molar-refractivity contribution in [1.29, 1.82) is 0 Å². The van der Waals surface area contributed by atoms with E-state index in [1.54, 1.807) is 6.07 Å². The zero-order chi connectivity index (χ0) is 19.0. The molecule has 140 valence electrons. The topological polar surface area (TPSA) is 66.5 Å². The summed E-state index contributed by atoms with van der Waals surface area (Å²) in [5.74, 6) is -0.188. The highest BCUT2D eigenvalue weighted by Crippen LogP contribution is 2.06. The summed E-state index contributed by atoms with van der Waals surface area (Å²) in [6.45, 7) is 2.92. The number of benzene rings is 2. The van der Waals surface area contributed by atoms with Crippen LogP contribution in [-0.2, 0) is 16.4 Å². The monoisotopic (exact) mass is 374 g/mol. The SMILES string of the molecule is Cc1cccc(C(=O)NCCN(CCCc2ccccc2)S(C)(=O)=O)c1. The molecule has 6 heteroatoms. The summed E-state index contributed by atoms with van der Waals surface area (Å²) >= 11 is 0. The van der Waals surface area contributed by atoms with E-state index in [2.05, 4.69) is 5.32 Å². The van der Waals surface area contributed by atoms with E-state index in [1.807, 2.05) is 55.5 Å². The molecular weight excluding hydrogens is 348 g/mol. The van der Waals surface area contributed by atoms with Gasteiger partial charge in [0.05, 0.1) is 6.26 Å².